The van der Waals surface area contributed by atoms with Crippen LogP contribution in [0.3, 0.4) is 0 Å². The average Bonchev–Trinajstić information content (AvgIpc) is 2.96. The summed E-state index contributed by atoms with van der Waals surface area (Å²) in [6.07, 6.45) is 3.50. The fourth-order valence-corrected chi connectivity index (χ4v) is 4.92. The molecule has 0 atom stereocenters. The van der Waals surface area contributed by atoms with E-state index in [2.05, 4.69) is 44.3 Å². The molecule has 0 saturated heterocycles. The second kappa shape index (κ2) is 14.5. The van der Waals surface area contributed by atoms with E-state index in [1.807, 2.05) is 66.4 Å². The van der Waals surface area contributed by atoms with E-state index < -0.39 is 0 Å². The Morgan fingerprint density at radius 1 is 0.923 bits per heavy atom. The molecule has 0 spiro atoms. The van der Waals surface area contributed by atoms with Crippen LogP contribution in [0.4, 0.5) is 0 Å². The second-order valence-corrected chi connectivity index (χ2v) is 9.95. The zero-order valence-corrected chi connectivity index (χ0v) is 23.5. The number of aliphatic hydroxyl groups is 1. The van der Waals surface area contributed by atoms with Gasteiger partial charge in [0, 0.05) is 59.3 Å². The van der Waals surface area contributed by atoms with Gasteiger partial charge in [0.05, 0.1) is 13.2 Å². The highest BCUT2D eigenvalue weighted by molar-refractivity contribution is 9.10. The van der Waals surface area contributed by atoms with E-state index in [0.717, 1.165) is 43.6 Å². The molecule has 4 aromatic rings. The van der Waals surface area contributed by atoms with E-state index in [1.54, 1.807) is 12.4 Å². The maximum atomic E-state index is 10.7. The lowest BCUT2D eigenvalue weighted by Gasteiger charge is -2.23. The number of aryl methyl sites for hydroxylation is 1. The predicted octanol–water partition coefficient (Wildman–Crippen LogP) is 6.54. The summed E-state index contributed by atoms with van der Waals surface area (Å²) in [6.45, 7) is 4.27. The monoisotopic (exact) mass is 589 g/mol. The van der Waals surface area contributed by atoms with Gasteiger partial charge in [-0.2, -0.15) is 4.91 Å². The van der Waals surface area contributed by atoms with Gasteiger partial charge < -0.3 is 14.6 Å². The van der Waals surface area contributed by atoms with Crippen molar-refractivity contribution in [2.45, 2.75) is 26.7 Å². The van der Waals surface area contributed by atoms with Crippen molar-refractivity contribution >= 4 is 15.9 Å². The van der Waals surface area contributed by atoms with Crippen molar-refractivity contribution in [2.75, 3.05) is 26.2 Å². The second-order valence-electron chi connectivity index (χ2n) is 9.16. The molecule has 8 heteroatoms. The van der Waals surface area contributed by atoms with E-state index in [0.29, 0.717) is 38.6 Å². The normalized spacial score (nSPS) is 11.0. The first kappa shape index (κ1) is 28.4. The number of benzene rings is 3. The third kappa shape index (κ3) is 7.95. The van der Waals surface area contributed by atoms with Crippen molar-refractivity contribution in [3.05, 3.63) is 117 Å². The summed E-state index contributed by atoms with van der Waals surface area (Å²) in [5.74, 6) is 1.40. The first-order valence-corrected chi connectivity index (χ1v) is 13.6. The maximum Gasteiger partial charge on any atom is 0.128 e. The fourth-order valence-electron chi connectivity index (χ4n) is 4.31. The lowest BCUT2D eigenvalue weighted by Crippen LogP contribution is -2.29. The topological polar surface area (TPSA) is 84.2 Å². The number of hydrogen-bond acceptors (Lipinski definition) is 7. The molecular weight excluding hydrogens is 558 g/mol. The van der Waals surface area contributed by atoms with Gasteiger partial charge in [0.15, 0.2) is 0 Å². The Morgan fingerprint density at radius 2 is 1.74 bits per heavy atom. The van der Waals surface area contributed by atoms with Crippen molar-refractivity contribution in [3.8, 4) is 22.6 Å². The van der Waals surface area contributed by atoms with Gasteiger partial charge in [0.25, 0.3) is 0 Å². The molecule has 1 aromatic heterocycles. The molecule has 0 amide bonds. The Kier molecular flexibility index (Phi) is 10.6. The average molecular weight is 591 g/mol. The van der Waals surface area contributed by atoms with Crippen LogP contribution < -0.4 is 9.47 Å². The van der Waals surface area contributed by atoms with Gasteiger partial charge in [-0.1, -0.05) is 59.8 Å². The Morgan fingerprint density at radius 3 is 2.49 bits per heavy atom. The Balaban J connectivity index is 1.58. The molecule has 0 unspecified atom stereocenters. The van der Waals surface area contributed by atoms with Crippen LogP contribution in [-0.2, 0) is 19.8 Å². The van der Waals surface area contributed by atoms with Crippen molar-refractivity contribution in [3.63, 3.8) is 0 Å². The van der Waals surface area contributed by atoms with Crippen LogP contribution in [0.25, 0.3) is 11.1 Å². The molecule has 3 aromatic carbocycles. The van der Waals surface area contributed by atoms with Crippen LogP contribution in [0.5, 0.6) is 11.5 Å². The number of ether oxygens (including phenoxy) is 2. The zero-order chi connectivity index (χ0) is 27.5. The quantitative estimate of drug-likeness (QED) is 0.168. The number of aliphatic hydroxyl groups excluding tert-OH is 1. The Bertz CT molecular complexity index is 1350. The fraction of sp³-hybridized carbons (Fsp3) is 0.258. The van der Waals surface area contributed by atoms with Gasteiger partial charge in [-0.05, 0) is 51.7 Å². The van der Waals surface area contributed by atoms with Gasteiger partial charge in [-0.3, -0.25) is 9.88 Å². The molecule has 1 heterocycles. The molecular formula is C31H32BrN3O4. The van der Waals surface area contributed by atoms with Crippen LogP contribution >= 0.6 is 15.9 Å². The molecule has 7 nitrogen and oxygen atoms in total. The SMILES string of the molecule is Cc1cc(CN(CCO)CCN=O)c(OCc2cccnc2)cc1OCc1cccc(-c2ccccc2)c1Br. The lowest BCUT2D eigenvalue weighted by atomic mass is 10.0. The number of hydrogen-bond donors (Lipinski definition) is 1. The van der Waals surface area contributed by atoms with Gasteiger partial charge in [0.1, 0.15) is 24.7 Å². The molecule has 0 aliphatic rings. The third-order valence-electron chi connectivity index (χ3n) is 6.34. The number of aromatic nitrogens is 1. The van der Waals surface area contributed by atoms with E-state index in [-0.39, 0.29) is 13.2 Å². The molecule has 0 aliphatic heterocycles. The number of rotatable bonds is 14. The molecule has 1 N–H and O–H groups in total. The van der Waals surface area contributed by atoms with Gasteiger partial charge in [0.2, 0.25) is 0 Å². The molecule has 202 valence electrons. The number of nitroso groups, excluding NO2 is 1. The molecule has 4 rings (SSSR count). The van der Waals surface area contributed by atoms with Crippen molar-refractivity contribution < 1.29 is 14.6 Å². The maximum absolute atomic E-state index is 10.7. The van der Waals surface area contributed by atoms with Crippen LogP contribution in [0.1, 0.15) is 22.3 Å². The lowest BCUT2D eigenvalue weighted by molar-refractivity contribution is 0.191. The van der Waals surface area contributed by atoms with Gasteiger partial charge >= 0.3 is 0 Å². The summed E-state index contributed by atoms with van der Waals surface area (Å²) in [7, 11) is 0. The number of halogens is 1. The van der Waals surface area contributed by atoms with Crippen LogP contribution in [0.15, 0.2) is 94.8 Å². The van der Waals surface area contributed by atoms with Gasteiger partial charge in [-0.15, -0.1) is 0 Å². The molecule has 0 bridgehead atoms. The Labute approximate surface area is 237 Å². The minimum absolute atomic E-state index is 0.0121. The molecule has 0 radical (unpaired) electrons. The third-order valence-corrected chi connectivity index (χ3v) is 7.28. The van der Waals surface area contributed by atoms with Crippen molar-refractivity contribution in [1.29, 1.82) is 0 Å². The van der Waals surface area contributed by atoms with E-state index in [1.165, 1.54) is 0 Å². The molecule has 39 heavy (non-hydrogen) atoms. The summed E-state index contributed by atoms with van der Waals surface area (Å²) in [4.78, 5) is 16.9. The predicted molar refractivity (Wildman–Crippen MR) is 157 cm³/mol. The van der Waals surface area contributed by atoms with E-state index in [9.17, 15) is 10.0 Å². The Hall–Kier alpha value is -3.59. The van der Waals surface area contributed by atoms with Crippen LogP contribution in [0.2, 0.25) is 0 Å². The summed E-state index contributed by atoms with van der Waals surface area (Å²) in [6, 6.07) is 24.2. The van der Waals surface area contributed by atoms with E-state index in [4.69, 9.17) is 9.47 Å². The number of pyridine rings is 1. The zero-order valence-electron chi connectivity index (χ0n) is 21.9. The van der Waals surface area contributed by atoms with Crippen LogP contribution in [0, 0.1) is 11.8 Å². The first-order chi connectivity index (χ1) is 19.1. The molecule has 0 aliphatic carbocycles. The summed E-state index contributed by atoms with van der Waals surface area (Å²) in [5, 5.41) is 12.5. The smallest absolute Gasteiger partial charge is 0.128 e. The highest BCUT2D eigenvalue weighted by atomic mass is 79.9. The summed E-state index contributed by atoms with van der Waals surface area (Å²) >= 11 is 3.78. The largest absolute Gasteiger partial charge is 0.488 e. The molecule has 0 saturated carbocycles. The minimum atomic E-state index is -0.0121. The van der Waals surface area contributed by atoms with Crippen molar-refractivity contribution in [2.24, 2.45) is 5.18 Å². The highest BCUT2D eigenvalue weighted by Gasteiger charge is 2.15. The number of nitrogens with zero attached hydrogens (tertiary/aromatic N) is 3. The summed E-state index contributed by atoms with van der Waals surface area (Å²) < 4.78 is 13.6. The molecule has 0 fully saturated rings. The first-order valence-electron chi connectivity index (χ1n) is 12.8. The van der Waals surface area contributed by atoms with Crippen molar-refractivity contribution in [1.82, 2.24) is 9.88 Å². The minimum Gasteiger partial charge on any atom is -0.488 e. The summed E-state index contributed by atoms with van der Waals surface area (Å²) in [5.41, 5.74) is 6.13. The van der Waals surface area contributed by atoms with Crippen LogP contribution in [-0.4, -0.2) is 41.2 Å². The van der Waals surface area contributed by atoms with E-state index >= 15 is 0 Å². The highest BCUT2D eigenvalue weighted by Crippen LogP contribution is 2.34. The standard InChI is InChI=1S/C31H32BrN3O4/c1-23-17-27(20-35(15-16-36)14-13-34-37)30(38-21-24-7-6-12-33-19-24)18-29(23)39-22-26-10-5-11-28(31(26)32)25-8-3-2-4-9-25/h2-12,17-19,36H,13-16,20-22H2,1H3. The van der Waals surface area contributed by atoms with Gasteiger partial charge in [-0.25, -0.2) is 0 Å².